The van der Waals surface area contributed by atoms with Gasteiger partial charge in [0.2, 0.25) is 5.62 Å². The van der Waals surface area contributed by atoms with Crippen LogP contribution < -0.4 is 29.6 Å². The Kier molecular flexibility index (Phi) is 7.35. The molecule has 90 valence electrons. The Morgan fingerprint density at radius 1 is 1.06 bits per heavy atom. The van der Waals surface area contributed by atoms with E-state index in [9.17, 15) is 0 Å². The van der Waals surface area contributed by atoms with Crippen molar-refractivity contribution in [3.8, 4) is 0 Å². The molecule has 0 saturated carbocycles. The van der Waals surface area contributed by atoms with E-state index in [2.05, 4.69) is 49.4 Å². The van der Waals surface area contributed by atoms with Gasteiger partial charge in [0.25, 0.3) is 0 Å². The average molecular weight is 274 g/mol. The van der Waals surface area contributed by atoms with E-state index in [-0.39, 0.29) is 29.6 Å². The third kappa shape index (κ3) is 5.75. The van der Waals surface area contributed by atoms with E-state index in [1.807, 2.05) is 0 Å². The molecule has 0 saturated heterocycles. The summed E-state index contributed by atoms with van der Waals surface area (Å²) in [5.41, 5.74) is 0.704. The van der Waals surface area contributed by atoms with Crippen LogP contribution in [0.1, 0.15) is 5.56 Å². The van der Waals surface area contributed by atoms with Crippen molar-refractivity contribution >= 4 is 26.5 Å². The maximum absolute atomic E-state index is 9.08. The van der Waals surface area contributed by atoms with E-state index in [1.54, 1.807) is 0 Å². The molecule has 0 aliphatic rings. The summed E-state index contributed by atoms with van der Waals surface area (Å²) >= 11 is 0. The number of aryl methyl sites for hydroxylation is 1. The average Bonchev–Trinajstić information content (AvgIpc) is 2.30. The van der Waals surface area contributed by atoms with Crippen LogP contribution in [0.15, 0.2) is 42.5 Å². The normalized spacial score (nSPS) is 9.89. The molecule has 0 aromatic heterocycles. The van der Waals surface area contributed by atoms with Gasteiger partial charge in [-0.3, -0.25) is 4.79 Å². The van der Waals surface area contributed by atoms with E-state index < -0.39 is 15.7 Å². The maximum atomic E-state index is 9.08. The third-order valence-electron chi connectivity index (χ3n) is 2.13. The van der Waals surface area contributed by atoms with Gasteiger partial charge in [-0.25, -0.2) is 8.42 Å². The summed E-state index contributed by atoms with van der Waals surface area (Å²) in [6, 6.07) is 14.8. The van der Waals surface area contributed by atoms with Gasteiger partial charge in [-0.1, -0.05) is 42.5 Å². The van der Waals surface area contributed by atoms with Gasteiger partial charge < -0.3 is 4.55 Å². The molecule has 0 aliphatic carbocycles. The molecule has 4 nitrogen and oxygen atoms in total. The van der Waals surface area contributed by atoms with Gasteiger partial charge in [-0.05, 0) is 23.3 Å². The second kappa shape index (κ2) is 7.66. The van der Waals surface area contributed by atoms with Crippen molar-refractivity contribution in [3.63, 3.8) is 0 Å². The van der Waals surface area contributed by atoms with Gasteiger partial charge >= 0.3 is 29.6 Å². The number of benzene rings is 2. The molecule has 2 aromatic rings. The number of hydrogen-bond acceptors (Lipinski definition) is 4. The largest absolute Gasteiger partial charge is 1.00 e. The van der Waals surface area contributed by atoms with Crippen molar-refractivity contribution < 1.29 is 47.3 Å². The van der Waals surface area contributed by atoms with Crippen molar-refractivity contribution in [2.24, 2.45) is 0 Å². The second-order valence-corrected chi connectivity index (χ2v) is 4.56. The molecule has 0 spiro atoms. The molecule has 0 bridgehead atoms. The molecule has 2 aromatic carbocycles. The molecule has 0 N–H and O–H groups in total. The number of carbonyl (C=O) groups excluding carboxylic acids is 1. The molecule has 0 unspecified atom stereocenters. The van der Waals surface area contributed by atoms with Crippen LogP contribution in [0.3, 0.4) is 0 Å². The zero-order valence-electron chi connectivity index (χ0n) is 10.2. The number of carbonyl (C=O) groups is 1. The summed E-state index contributed by atoms with van der Waals surface area (Å²) in [6.07, 6.45) is 0. The van der Waals surface area contributed by atoms with Gasteiger partial charge in [0.05, 0.1) is 0 Å². The SMILES string of the molecule is Cc1cccc2ccccc12.O=CS(=O)(=O)[O-].[Na+]. The van der Waals surface area contributed by atoms with E-state index >= 15 is 0 Å². The quantitative estimate of drug-likeness (QED) is 0.375. The zero-order valence-corrected chi connectivity index (χ0v) is 13.0. The second-order valence-electron chi connectivity index (χ2n) is 3.39. The summed E-state index contributed by atoms with van der Waals surface area (Å²) in [5.74, 6) is 0. The molecule has 0 aliphatic heterocycles. The first kappa shape index (κ1) is 17.3. The molecule has 0 heterocycles. The predicted octanol–water partition coefficient (Wildman–Crippen LogP) is -1.13. The molecule has 6 heteroatoms. The Hall–Kier alpha value is -0.720. The Balaban J connectivity index is 0.000000362. The monoisotopic (exact) mass is 274 g/mol. The predicted molar refractivity (Wildman–Crippen MR) is 65.1 cm³/mol. The number of rotatable bonds is 1. The van der Waals surface area contributed by atoms with E-state index in [0.717, 1.165) is 0 Å². The minimum absolute atomic E-state index is 0. The van der Waals surface area contributed by atoms with Crippen LogP contribution in [-0.4, -0.2) is 18.6 Å². The maximum Gasteiger partial charge on any atom is 1.00 e. The summed E-state index contributed by atoms with van der Waals surface area (Å²) in [4.78, 5) is 8.93. The van der Waals surface area contributed by atoms with Crippen molar-refractivity contribution in [3.05, 3.63) is 48.0 Å². The fourth-order valence-electron chi connectivity index (χ4n) is 1.39. The summed E-state index contributed by atoms with van der Waals surface area (Å²) in [7, 11) is -4.59. The van der Waals surface area contributed by atoms with Gasteiger partial charge in [0, 0.05) is 0 Å². The van der Waals surface area contributed by atoms with E-state index in [0.29, 0.717) is 0 Å². The standard InChI is InChI=1S/C11H10.CH2O4S.Na/c1-9-5-4-7-10-6-2-3-8-11(9)10;2-1-6(3,4)5;/h2-8H,1H3;1H,(H,3,4,5);/q;;+1/p-1. The van der Waals surface area contributed by atoms with Gasteiger partial charge in [0.1, 0.15) is 0 Å². The molecule has 0 fully saturated rings. The van der Waals surface area contributed by atoms with Gasteiger partial charge in [-0.15, -0.1) is 0 Å². The van der Waals surface area contributed by atoms with Gasteiger partial charge in [-0.2, -0.15) is 0 Å². The Bertz CT molecular complexity index is 606. The van der Waals surface area contributed by atoms with Crippen LogP contribution in [0, 0.1) is 6.92 Å². The summed E-state index contributed by atoms with van der Waals surface area (Å²) in [6.45, 7) is 2.14. The minimum Gasteiger partial charge on any atom is -0.742 e. The topological polar surface area (TPSA) is 74.3 Å². The van der Waals surface area contributed by atoms with E-state index in [4.69, 9.17) is 17.8 Å². The third-order valence-corrected chi connectivity index (χ3v) is 2.36. The summed E-state index contributed by atoms with van der Waals surface area (Å²) < 4.78 is 27.2. The first-order chi connectivity index (χ1) is 7.94. The van der Waals surface area contributed by atoms with Crippen LogP contribution in [-0.2, 0) is 14.9 Å². The number of fused-ring (bicyclic) bond motifs is 1. The van der Waals surface area contributed by atoms with Crippen LogP contribution >= 0.6 is 0 Å². The van der Waals surface area contributed by atoms with Crippen molar-refractivity contribution in [1.82, 2.24) is 0 Å². The molecule has 0 amide bonds. The summed E-state index contributed by atoms with van der Waals surface area (Å²) in [5, 5.41) is 2.68. The fourth-order valence-corrected chi connectivity index (χ4v) is 1.39. The molecular weight excluding hydrogens is 263 g/mol. The number of hydrogen-bond donors (Lipinski definition) is 0. The van der Waals surface area contributed by atoms with E-state index in [1.165, 1.54) is 16.3 Å². The van der Waals surface area contributed by atoms with Crippen molar-refractivity contribution in [1.29, 1.82) is 0 Å². The molecule has 0 radical (unpaired) electrons. The van der Waals surface area contributed by atoms with Crippen LogP contribution in [0.5, 0.6) is 0 Å². The molecule has 18 heavy (non-hydrogen) atoms. The zero-order chi connectivity index (χ0) is 12.9. The van der Waals surface area contributed by atoms with Crippen molar-refractivity contribution in [2.45, 2.75) is 6.92 Å². The van der Waals surface area contributed by atoms with Crippen LogP contribution in [0.2, 0.25) is 0 Å². The molecule has 0 atom stereocenters. The fraction of sp³-hybridized carbons (Fsp3) is 0.0833. The Labute approximate surface area is 128 Å². The van der Waals surface area contributed by atoms with Gasteiger partial charge in [0.15, 0.2) is 10.1 Å². The van der Waals surface area contributed by atoms with Crippen LogP contribution in [0.4, 0.5) is 0 Å². The molecule has 2 rings (SSSR count). The first-order valence-electron chi connectivity index (χ1n) is 4.79. The first-order valence-corrected chi connectivity index (χ1v) is 6.26. The Morgan fingerprint density at radius 3 is 2.06 bits per heavy atom. The minimum atomic E-state index is -4.59. The van der Waals surface area contributed by atoms with Crippen LogP contribution in [0.25, 0.3) is 10.8 Å². The van der Waals surface area contributed by atoms with Crippen molar-refractivity contribution in [2.75, 3.05) is 0 Å². The Morgan fingerprint density at radius 2 is 1.56 bits per heavy atom. The smallest absolute Gasteiger partial charge is 0.742 e. The molecular formula is C12H11NaO4S.